The van der Waals surface area contributed by atoms with Gasteiger partial charge >= 0.3 is 0 Å². The third kappa shape index (κ3) is 2.03. The smallest absolute Gasteiger partial charge is 0.285 e. The number of nitrogens with one attached hydrogen (secondary N) is 1. The Kier molecular flexibility index (Phi) is 2.90. The maximum absolute atomic E-state index is 12.1. The first kappa shape index (κ1) is 11.3. The average molecular weight is 235 g/mol. The summed E-state index contributed by atoms with van der Waals surface area (Å²) in [6, 6.07) is 0. The topological polar surface area (TPSA) is 85.2 Å². The van der Waals surface area contributed by atoms with E-state index in [2.05, 4.69) is 20.3 Å². The highest BCUT2D eigenvalue weighted by Gasteiger charge is 2.09. The molecule has 0 aliphatic carbocycles. The summed E-state index contributed by atoms with van der Waals surface area (Å²) in [4.78, 5) is 16.2. The number of aryl methyl sites for hydroxylation is 1. The molecule has 0 saturated carbocycles. The van der Waals surface area contributed by atoms with Crippen LogP contribution in [0.1, 0.15) is 19.7 Å². The predicted octanol–water partition coefficient (Wildman–Crippen LogP) is 0.646. The van der Waals surface area contributed by atoms with E-state index >= 15 is 0 Å². The van der Waals surface area contributed by atoms with Gasteiger partial charge in [0.2, 0.25) is 5.90 Å². The summed E-state index contributed by atoms with van der Waals surface area (Å²) in [5.41, 5.74) is 0.202. The van der Waals surface area contributed by atoms with E-state index in [9.17, 15) is 4.79 Å². The molecule has 0 amide bonds. The average Bonchev–Trinajstić information content (AvgIpc) is 2.72. The minimum Gasteiger partial charge on any atom is -0.480 e. The second kappa shape index (κ2) is 4.36. The van der Waals surface area contributed by atoms with Crippen molar-refractivity contribution >= 4 is 16.9 Å². The minimum atomic E-state index is -0.264. The molecule has 2 rings (SSSR count). The van der Waals surface area contributed by atoms with Gasteiger partial charge in [0.25, 0.3) is 5.56 Å². The molecule has 2 aromatic heterocycles. The lowest BCUT2D eigenvalue weighted by atomic mass is 10.4. The Morgan fingerprint density at radius 3 is 3.12 bits per heavy atom. The van der Waals surface area contributed by atoms with Gasteiger partial charge in [0.1, 0.15) is 11.2 Å². The molecule has 90 valence electrons. The highest BCUT2D eigenvalue weighted by atomic mass is 16.5. The zero-order valence-electron chi connectivity index (χ0n) is 9.89. The molecule has 0 bridgehead atoms. The molecule has 0 aromatic carbocycles. The van der Waals surface area contributed by atoms with Crippen LogP contribution in [0, 0.1) is 6.92 Å². The van der Waals surface area contributed by atoms with Crippen LogP contribution in [0.5, 0.6) is 0 Å². The second-order valence-electron chi connectivity index (χ2n) is 3.46. The maximum atomic E-state index is 12.1. The molecule has 0 aliphatic rings. The minimum absolute atomic E-state index is 0.264. The lowest BCUT2D eigenvalue weighted by molar-refractivity contribution is 0.320. The molecule has 7 nitrogen and oxygen atoms in total. The van der Waals surface area contributed by atoms with E-state index in [4.69, 9.17) is 4.74 Å². The van der Waals surface area contributed by atoms with Crippen LogP contribution in [-0.2, 0) is 4.74 Å². The molecule has 2 heterocycles. The van der Waals surface area contributed by atoms with Crippen molar-refractivity contribution < 1.29 is 4.74 Å². The van der Waals surface area contributed by atoms with Gasteiger partial charge < -0.3 is 4.74 Å². The van der Waals surface area contributed by atoms with Gasteiger partial charge in [0.15, 0.2) is 5.65 Å². The normalized spacial score (nSPS) is 12.1. The lowest BCUT2D eigenvalue weighted by Crippen LogP contribution is -2.21. The number of ether oxygens (including phenoxy) is 1. The van der Waals surface area contributed by atoms with Crippen molar-refractivity contribution in [3.63, 3.8) is 0 Å². The number of hydrogen-bond donors (Lipinski definition) is 1. The summed E-state index contributed by atoms with van der Waals surface area (Å²) >= 11 is 0. The fourth-order valence-corrected chi connectivity index (χ4v) is 1.49. The molecular weight excluding hydrogens is 222 g/mol. The van der Waals surface area contributed by atoms with E-state index in [-0.39, 0.29) is 5.56 Å². The van der Waals surface area contributed by atoms with Crippen LogP contribution < -0.4 is 5.56 Å². The van der Waals surface area contributed by atoms with Gasteiger partial charge in [-0.1, -0.05) is 0 Å². The Hall–Kier alpha value is -2.18. The summed E-state index contributed by atoms with van der Waals surface area (Å²) < 4.78 is 6.40. The van der Waals surface area contributed by atoms with Crippen molar-refractivity contribution in [2.75, 3.05) is 6.61 Å². The molecule has 0 atom stereocenters. The van der Waals surface area contributed by atoms with Crippen molar-refractivity contribution in [3.8, 4) is 0 Å². The number of H-pyrrole nitrogens is 1. The second-order valence-corrected chi connectivity index (χ2v) is 3.46. The van der Waals surface area contributed by atoms with Crippen LogP contribution >= 0.6 is 0 Å². The van der Waals surface area contributed by atoms with Crippen LogP contribution in [0.3, 0.4) is 0 Å². The van der Waals surface area contributed by atoms with Crippen LogP contribution in [0.25, 0.3) is 11.0 Å². The third-order valence-electron chi connectivity index (χ3n) is 2.22. The zero-order chi connectivity index (χ0) is 12.4. The summed E-state index contributed by atoms with van der Waals surface area (Å²) in [6.45, 7) is 5.75. The van der Waals surface area contributed by atoms with Gasteiger partial charge in [-0.15, -0.1) is 5.10 Å². The Balaban J connectivity index is 2.61. The molecule has 2 aromatic rings. The quantitative estimate of drug-likeness (QED) is 0.611. The number of aromatic nitrogens is 4. The Morgan fingerprint density at radius 1 is 1.65 bits per heavy atom. The number of aromatic amines is 1. The number of rotatable bonds is 2. The van der Waals surface area contributed by atoms with Gasteiger partial charge in [-0.25, -0.2) is 4.98 Å². The molecular formula is C10H13N5O2. The van der Waals surface area contributed by atoms with Crippen LogP contribution in [0.2, 0.25) is 0 Å². The summed E-state index contributed by atoms with van der Waals surface area (Å²) in [5, 5.41) is 10.9. The predicted molar refractivity (Wildman–Crippen MR) is 63.0 cm³/mol. The molecule has 0 aliphatic heterocycles. The number of hydrogen-bond acceptors (Lipinski definition) is 5. The van der Waals surface area contributed by atoms with Crippen molar-refractivity contribution in [1.82, 2.24) is 19.9 Å². The monoisotopic (exact) mass is 235 g/mol. The Morgan fingerprint density at radius 2 is 2.41 bits per heavy atom. The first-order valence-corrected chi connectivity index (χ1v) is 5.24. The summed E-state index contributed by atoms with van der Waals surface area (Å²) in [5.74, 6) is 0.896. The Bertz CT molecular complexity index is 625. The number of fused-ring (bicyclic) bond motifs is 1. The fourth-order valence-electron chi connectivity index (χ4n) is 1.49. The van der Waals surface area contributed by atoms with Crippen LogP contribution in [0.15, 0.2) is 16.1 Å². The van der Waals surface area contributed by atoms with E-state index < -0.39 is 0 Å². The highest BCUT2D eigenvalue weighted by molar-refractivity contribution is 5.74. The standard InChI is InChI=1S/C10H13N5O2/c1-4-17-7(3)14-15-6(2)12-9-8(10(15)16)5-11-13-9/h5H,4H2,1-3H3,(H,11,13)/b14-7+. The fraction of sp³-hybridized carbons (Fsp3) is 0.400. The molecule has 0 unspecified atom stereocenters. The van der Waals surface area contributed by atoms with Gasteiger partial charge in [-0.2, -0.15) is 9.77 Å². The van der Waals surface area contributed by atoms with E-state index in [0.29, 0.717) is 29.4 Å². The highest BCUT2D eigenvalue weighted by Crippen LogP contribution is 2.03. The van der Waals surface area contributed by atoms with Gasteiger partial charge in [-0.3, -0.25) is 9.89 Å². The first-order chi connectivity index (χ1) is 8.13. The Labute approximate surface area is 97.1 Å². The molecule has 1 N–H and O–H groups in total. The van der Waals surface area contributed by atoms with Crippen LogP contribution in [-0.4, -0.2) is 32.4 Å². The SMILES string of the molecule is CCO/C(C)=N/n1c(C)nc2[nH]ncc2c1=O. The van der Waals surface area contributed by atoms with E-state index in [1.165, 1.54) is 10.9 Å². The van der Waals surface area contributed by atoms with Crippen LogP contribution in [0.4, 0.5) is 0 Å². The van der Waals surface area contributed by atoms with Crippen molar-refractivity contribution in [2.24, 2.45) is 5.10 Å². The third-order valence-corrected chi connectivity index (χ3v) is 2.22. The zero-order valence-corrected chi connectivity index (χ0v) is 9.89. The molecule has 17 heavy (non-hydrogen) atoms. The van der Waals surface area contributed by atoms with Crippen molar-refractivity contribution in [2.45, 2.75) is 20.8 Å². The van der Waals surface area contributed by atoms with E-state index in [0.717, 1.165) is 0 Å². The van der Waals surface area contributed by atoms with Gasteiger partial charge in [0.05, 0.1) is 12.8 Å². The summed E-state index contributed by atoms with van der Waals surface area (Å²) in [7, 11) is 0. The summed E-state index contributed by atoms with van der Waals surface area (Å²) in [6.07, 6.45) is 1.44. The lowest BCUT2D eigenvalue weighted by Gasteiger charge is -2.05. The van der Waals surface area contributed by atoms with E-state index in [1.54, 1.807) is 13.8 Å². The van der Waals surface area contributed by atoms with Gasteiger partial charge in [-0.05, 0) is 13.8 Å². The molecule has 0 spiro atoms. The molecule has 0 radical (unpaired) electrons. The number of nitrogens with zero attached hydrogens (tertiary/aromatic N) is 4. The molecule has 7 heteroatoms. The molecule has 0 saturated heterocycles. The first-order valence-electron chi connectivity index (χ1n) is 5.24. The van der Waals surface area contributed by atoms with Crippen molar-refractivity contribution in [3.05, 3.63) is 22.4 Å². The largest absolute Gasteiger partial charge is 0.480 e. The molecule has 0 fully saturated rings. The van der Waals surface area contributed by atoms with Crippen molar-refractivity contribution in [1.29, 1.82) is 0 Å². The van der Waals surface area contributed by atoms with Gasteiger partial charge in [0, 0.05) is 6.92 Å². The van der Waals surface area contributed by atoms with E-state index in [1.807, 2.05) is 6.92 Å². The maximum Gasteiger partial charge on any atom is 0.285 e.